The van der Waals surface area contributed by atoms with Gasteiger partial charge in [-0.3, -0.25) is 10.1 Å². The number of anilines is 1. The Balaban J connectivity index is 1.42. The fourth-order valence-electron chi connectivity index (χ4n) is 3.78. The van der Waals surface area contributed by atoms with Crippen molar-refractivity contribution in [2.75, 3.05) is 18.4 Å². The molecule has 1 aromatic carbocycles. The van der Waals surface area contributed by atoms with E-state index in [4.69, 9.17) is 12.2 Å². The van der Waals surface area contributed by atoms with Crippen LogP contribution in [-0.2, 0) is 22.9 Å². The molecule has 1 saturated heterocycles. The zero-order chi connectivity index (χ0) is 21.3. The summed E-state index contributed by atoms with van der Waals surface area (Å²) in [6.45, 7) is 1.06. The molecule has 4 rings (SSSR count). The summed E-state index contributed by atoms with van der Waals surface area (Å²) in [5.74, 6) is -0.444. The number of nitriles is 1. The van der Waals surface area contributed by atoms with Gasteiger partial charge < -0.3 is 5.32 Å². The van der Waals surface area contributed by atoms with E-state index >= 15 is 0 Å². The van der Waals surface area contributed by atoms with E-state index in [-0.39, 0.29) is 10.0 Å². The summed E-state index contributed by atoms with van der Waals surface area (Å²) in [5, 5.41) is 15.8. The molecule has 0 unspecified atom stereocenters. The first kappa shape index (κ1) is 20.9. The Hall–Kier alpha value is -2.32. The number of carbonyl (C=O) groups excluding carboxylic acids is 1. The summed E-state index contributed by atoms with van der Waals surface area (Å²) >= 11 is 6.73. The molecule has 0 atom stereocenters. The summed E-state index contributed by atoms with van der Waals surface area (Å²) in [6, 6.07) is 8.05. The number of fused-ring (bicyclic) bond motifs is 1. The van der Waals surface area contributed by atoms with Crippen LogP contribution in [0.3, 0.4) is 0 Å². The lowest BCUT2D eigenvalue weighted by atomic mass is 10.1. The summed E-state index contributed by atoms with van der Waals surface area (Å²) in [4.78, 5) is 13.9. The zero-order valence-corrected chi connectivity index (χ0v) is 18.6. The van der Waals surface area contributed by atoms with Crippen molar-refractivity contribution in [3.63, 3.8) is 0 Å². The lowest BCUT2D eigenvalue weighted by molar-refractivity contribution is 0.0977. The van der Waals surface area contributed by atoms with Crippen LogP contribution in [0.5, 0.6) is 0 Å². The number of benzene rings is 1. The van der Waals surface area contributed by atoms with Gasteiger partial charge in [-0.25, -0.2) is 8.42 Å². The van der Waals surface area contributed by atoms with Gasteiger partial charge in [0.2, 0.25) is 10.0 Å². The van der Waals surface area contributed by atoms with E-state index in [1.807, 2.05) is 0 Å². The average Bonchev–Trinajstić information content (AvgIpc) is 3.45. The van der Waals surface area contributed by atoms with E-state index in [0.717, 1.165) is 37.7 Å². The van der Waals surface area contributed by atoms with E-state index in [9.17, 15) is 18.5 Å². The molecule has 156 valence electrons. The van der Waals surface area contributed by atoms with Crippen LogP contribution in [0.25, 0.3) is 0 Å². The summed E-state index contributed by atoms with van der Waals surface area (Å²) < 4.78 is 26.6. The van der Waals surface area contributed by atoms with Crippen LogP contribution in [0.15, 0.2) is 29.2 Å². The van der Waals surface area contributed by atoms with E-state index in [1.54, 1.807) is 0 Å². The smallest absolute Gasteiger partial charge is 0.257 e. The second-order valence-corrected chi connectivity index (χ2v) is 10.7. The Labute approximate surface area is 184 Å². The Morgan fingerprint density at radius 1 is 1.13 bits per heavy atom. The zero-order valence-electron chi connectivity index (χ0n) is 16.1. The van der Waals surface area contributed by atoms with Crippen LogP contribution in [0.1, 0.15) is 45.6 Å². The lowest BCUT2D eigenvalue weighted by Crippen LogP contribution is -2.34. The molecule has 2 aliphatic rings. The normalized spacial score (nSPS) is 16.1. The fraction of sp³-hybridized carbons (Fsp3) is 0.350. The van der Waals surface area contributed by atoms with E-state index in [1.165, 1.54) is 44.8 Å². The summed E-state index contributed by atoms with van der Waals surface area (Å²) in [6.07, 6.45) is 4.64. The molecule has 10 heteroatoms. The highest BCUT2D eigenvalue weighted by molar-refractivity contribution is 7.89. The predicted octanol–water partition coefficient (Wildman–Crippen LogP) is 3.02. The first-order valence-corrected chi connectivity index (χ1v) is 12.3. The molecular weight excluding hydrogens is 440 g/mol. The van der Waals surface area contributed by atoms with Gasteiger partial charge in [-0.15, -0.1) is 11.3 Å². The third-order valence-electron chi connectivity index (χ3n) is 5.31. The topological polar surface area (TPSA) is 102 Å². The number of rotatable bonds is 4. The van der Waals surface area contributed by atoms with Crippen LogP contribution in [-0.4, -0.2) is 36.8 Å². The predicted molar refractivity (Wildman–Crippen MR) is 119 cm³/mol. The van der Waals surface area contributed by atoms with Gasteiger partial charge in [0.15, 0.2) is 5.11 Å². The van der Waals surface area contributed by atoms with Gasteiger partial charge in [0.05, 0.1) is 10.5 Å². The molecule has 1 aliphatic heterocycles. The molecule has 1 aliphatic carbocycles. The number of hydrogen-bond donors (Lipinski definition) is 2. The maximum Gasteiger partial charge on any atom is 0.257 e. The highest BCUT2D eigenvalue weighted by Crippen LogP contribution is 2.38. The van der Waals surface area contributed by atoms with Crippen molar-refractivity contribution < 1.29 is 13.2 Å². The Morgan fingerprint density at radius 2 is 1.83 bits per heavy atom. The van der Waals surface area contributed by atoms with Crippen molar-refractivity contribution in [2.24, 2.45) is 0 Å². The largest absolute Gasteiger partial charge is 0.323 e. The maximum atomic E-state index is 12.6. The van der Waals surface area contributed by atoms with Crippen LogP contribution >= 0.6 is 23.6 Å². The number of thiophene rings is 1. The molecule has 0 saturated carbocycles. The monoisotopic (exact) mass is 460 g/mol. The summed E-state index contributed by atoms with van der Waals surface area (Å²) in [7, 11) is -3.52. The van der Waals surface area contributed by atoms with Crippen molar-refractivity contribution in [3.8, 4) is 6.07 Å². The number of aryl methyl sites for hydroxylation is 1. The van der Waals surface area contributed by atoms with Gasteiger partial charge >= 0.3 is 0 Å². The second-order valence-electron chi connectivity index (χ2n) is 7.22. The van der Waals surface area contributed by atoms with Crippen molar-refractivity contribution in [1.82, 2.24) is 9.62 Å². The summed E-state index contributed by atoms with van der Waals surface area (Å²) in [5.41, 5.74) is 1.98. The molecule has 7 nitrogen and oxygen atoms in total. The number of hydrogen-bond acceptors (Lipinski definition) is 6. The first-order chi connectivity index (χ1) is 14.4. The number of nitrogens with one attached hydrogen (secondary N) is 2. The Morgan fingerprint density at radius 3 is 2.50 bits per heavy atom. The molecule has 2 heterocycles. The van der Waals surface area contributed by atoms with E-state index in [2.05, 4.69) is 16.7 Å². The molecule has 2 N–H and O–H groups in total. The van der Waals surface area contributed by atoms with Crippen molar-refractivity contribution in [3.05, 3.63) is 45.8 Å². The second kappa shape index (κ2) is 8.43. The van der Waals surface area contributed by atoms with Crippen LogP contribution in [0.2, 0.25) is 0 Å². The quantitative estimate of drug-likeness (QED) is 0.680. The van der Waals surface area contributed by atoms with E-state index in [0.29, 0.717) is 29.2 Å². The molecule has 1 amide bonds. The number of carbonyl (C=O) groups is 1. The third-order valence-corrected chi connectivity index (χ3v) is 8.63. The SMILES string of the molecule is N#Cc1c(NC(=S)NC(=O)c2ccc(S(=O)(=O)N3CCCC3)cc2)sc2c1CCC2. The standard InChI is InChI=1S/C20H20N4O3S3/c21-12-16-15-4-3-5-17(15)29-19(16)23-20(28)22-18(25)13-6-8-14(9-7-13)30(26,27)24-10-1-2-11-24/h6-9H,1-5,10-11H2,(H2,22,23,25,28). The minimum Gasteiger partial charge on any atom is -0.323 e. The highest BCUT2D eigenvalue weighted by Gasteiger charge is 2.27. The van der Waals surface area contributed by atoms with Crippen LogP contribution < -0.4 is 10.6 Å². The molecule has 2 aromatic rings. The maximum absolute atomic E-state index is 12.6. The fourth-order valence-corrected chi connectivity index (χ4v) is 6.80. The molecule has 0 radical (unpaired) electrons. The van der Waals surface area contributed by atoms with Crippen molar-refractivity contribution in [2.45, 2.75) is 37.0 Å². The molecule has 0 bridgehead atoms. The Kier molecular flexibility index (Phi) is 5.88. The van der Waals surface area contributed by atoms with Gasteiger partial charge in [-0.05, 0) is 74.2 Å². The number of nitrogens with zero attached hydrogens (tertiary/aromatic N) is 2. The van der Waals surface area contributed by atoms with Crippen LogP contribution in [0, 0.1) is 11.3 Å². The molecule has 30 heavy (non-hydrogen) atoms. The molecule has 0 spiro atoms. The Bertz CT molecular complexity index is 1140. The number of sulfonamides is 1. The van der Waals surface area contributed by atoms with Gasteiger partial charge in [-0.1, -0.05) is 0 Å². The third kappa shape index (κ3) is 3.98. The van der Waals surface area contributed by atoms with Crippen LogP contribution in [0.4, 0.5) is 5.00 Å². The highest BCUT2D eigenvalue weighted by atomic mass is 32.2. The molecular formula is C20H20N4O3S3. The minimum absolute atomic E-state index is 0.102. The van der Waals surface area contributed by atoms with Gasteiger partial charge in [0.25, 0.3) is 5.91 Å². The van der Waals surface area contributed by atoms with Gasteiger partial charge in [0.1, 0.15) is 11.1 Å². The minimum atomic E-state index is -3.52. The van der Waals surface area contributed by atoms with Gasteiger partial charge in [0, 0.05) is 23.5 Å². The molecule has 1 aromatic heterocycles. The van der Waals surface area contributed by atoms with Gasteiger partial charge in [-0.2, -0.15) is 9.57 Å². The average molecular weight is 461 g/mol. The molecule has 1 fully saturated rings. The van der Waals surface area contributed by atoms with E-state index < -0.39 is 15.9 Å². The number of thiocarbonyl (C=S) groups is 1. The first-order valence-electron chi connectivity index (χ1n) is 9.67. The van der Waals surface area contributed by atoms with Crippen molar-refractivity contribution in [1.29, 1.82) is 5.26 Å². The lowest BCUT2D eigenvalue weighted by Gasteiger charge is -2.15. The number of amides is 1. The van der Waals surface area contributed by atoms with Crippen molar-refractivity contribution >= 4 is 49.6 Å².